The van der Waals surface area contributed by atoms with Gasteiger partial charge < -0.3 is 14.7 Å². The molecule has 4 nitrogen and oxygen atoms in total. The molecule has 0 atom stereocenters. The molecule has 18 heavy (non-hydrogen) atoms. The lowest BCUT2D eigenvalue weighted by Crippen LogP contribution is -2.40. The largest absolute Gasteiger partial charge is 0.384 e. The number of rotatable bonds is 1. The third kappa shape index (κ3) is 2.89. The van der Waals surface area contributed by atoms with E-state index in [0.29, 0.717) is 37.4 Å². The molecule has 4 heteroatoms. The summed E-state index contributed by atoms with van der Waals surface area (Å²) in [6, 6.07) is 7.20. The van der Waals surface area contributed by atoms with Gasteiger partial charge in [-0.3, -0.25) is 4.79 Å². The van der Waals surface area contributed by atoms with Gasteiger partial charge in [-0.25, -0.2) is 0 Å². The lowest BCUT2D eigenvalue weighted by molar-refractivity contribution is 0.0302. The van der Waals surface area contributed by atoms with Crippen LogP contribution in [0.25, 0.3) is 0 Å². The van der Waals surface area contributed by atoms with Crippen LogP contribution in [0.5, 0.6) is 0 Å². The van der Waals surface area contributed by atoms with E-state index in [-0.39, 0.29) is 12.5 Å². The fraction of sp³-hybridized carbons (Fsp3) is 0.357. The molecule has 1 N–H and O–H groups in total. The Kier molecular flexibility index (Phi) is 4.35. The number of carbonyl (C=O) groups excluding carboxylic acids is 1. The minimum Gasteiger partial charge on any atom is -0.384 e. The van der Waals surface area contributed by atoms with Crippen LogP contribution in [0.3, 0.4) is 0 Å². The number of amides is 1. The summed E-state index contributed by atoms with van der Waals surface area (Å²) in [7, 11) is 0. The number of hydrogen-bond donors (Lipinski definition) is 1. The van der Waals surface area contributed by atoms with E-state index in [0.717, 1.165) is 0 Å². The summed E-state index contributed by atoms with van der Waals surface area (Å²) in [5, 5.41) is 8.72. The van der Waals surface area contributed by atoms with Gasteiger partial charge in [0, 0.05) is 18.7 Å². The first-order chi connectivity index (χ1) is 8.83. The van der Waals surface area contributed by atoms with Crippen LogP contribution >= 0.6 is 0 Å². The first-order valence-electron chi connectivity index (χ1n) is 5.88. The molecule has 1 aromatic carbocycles. The zero-order chi connectivity index (χ0) is 12.8. The molecule has 0 radical (unpaired) electrons. The average molecular weight is 245 g/mol. The van der Waals surface area contributed by atoms with E-state index in [1.807, 2.05) is 12.1 Å². The van der Waals surface area contributed by atoms with Crippen molar-refractivity contribution in [1.29, 1.82) is 0 Å². The van der Waals surface area contributed by atoms with Gasteiger partial charge in [0.2, 0.25) is 0 Å². The Morgan fingerprint density at radius 2 is 2.06 bits per heavy atom. The number of aliphatic hydroxyl groups is 1. The Labute approximate surface area is 106 Å². The molecule has 2 rings (SSSR count). The Hall–Kier alpha value is -1.83. The molecule has 1 fully saturated rings. The van der Waals surface area contributed by atoms with Gasteiger partial charge in [-0.05, 0) is 12.1 Å². The van der Waals surface area contributed by atoms with Crippen molar-refractivity contribution >= 4 is 5.91 Å². The smallest absolute Gasteiger partial charge is 0.255 e. The zero-order valence-electron chi connectivity index (χ0n) is 10.1. The topological polar surface area (TPSA) is 49.8 Å². The molecule has 94 valence electrons. The lowest BCUT2D eigenvalue weighted by Gasteiger charge is -2.27. The number of carbonyl (C=O) groups is 1. The SMILES string of the molecule is O=C(c1ccccc1C#CCO)N1CCOCC1. The Bertz CT molecular complexity index is 481. The van der Waals surface area contributed by atoms with E-state index < -0.39 is 0 Å². The van der Waals surface area contributed by atoms with Gasteiger partial charge in [0.15, 0.2) is 0 Å². The van der Waals surface area contributed by atoms with E-state index in [2.05, 4.69) is 11.8 Å². The molecule has 0 aromatic heterocycles. The second kappa shape index (κ2) is 6.20. The van der Waals surface area contributed by atoms with E-state index >= 15 is 0 Å². The van der Waals surface area contributed by atoms with Crippen molar-refractivity contribution in [3.8, 4) is 11.8 Å². The number of nitrogens with zero attached hydrogens (tertiary/aromatic N) is 1. The van der Waals surface area contributed by atoms with Crippen molar-refractivity contribution < 1.29 is 14.6 Å². The first-order valence-corrected chi connectivity index (χ1v) is 5.88. The number of morpholine rings is 1. The molecule has 0 saturated carbocycles. The van der Waals surface area contributed by atoms with Crippen molar-refractivity contribution in [2.24, 2.45) is 0 Å². The van der Waals surface area contributed by atoms with Gasteiger partial charge in [0.25, 0.3) is 5.91 Å². The summed E-state index contributed by atoms with van der Waals surface area (Å²) < 4.78 is 5.23. The van der Waals surface area contributed by atoms with Crippen LogP contribution in [-0.4, -0.2) is 48.8 Å². The summed E-state index contributed by atoms with van der Waals surface area (Å²) in [5.74, 6) is 5.35. The van der Waals surface area contributed by atoms with Crippen LogP contribution in [-0.2, 0) is 4.74 Å². The predicted octanol–water partition coefficient (Wildman–Crippen LogP) is 0.503. The van der Waals surface area contributed by atoms with Gasteiger partial charge in [0.05, 0.1) is 18.8 Å². The number of ether oxygens (including phenoxy) is 1. The van der Waals surface area contributed by atoms with Gasteiger partial charge in [-0.1, -0.05) is 24.0 Å². The molecule has 1 amide bonds. The molecule has 1 saturated heterocycles. The summed E-state index contributed by atoms with van der Waals surface area (Å²) >= 11 is 0. The van der Waals surface area contributed by atoms with E-state index in [9.17, 15) is 4.79 Å². The molecule has 1 aromatic rings. The molecule has 0 aliphatic carbocycles. The average Bonchev–Trinajstić information content (AvgIpc) is 2.45. The van der Waals surface area contributed by atoms with Crippen LogP contribution in [0, 0.1) is 11.8 Å². The molecule has 1 aliphatic heterocycles. The molecular weight excluding hydrogens is 230 g/mol. The Balaban J connectivity index is 2.23. The van der Waals surface area contributed by atoms with Gasteiger partial charge in [-0.15, -0.1) is 0 Å². The third-order valence-electron chi connectivity index (χ3n) is 2.76. The Morgan fingerprint density at radius 1 is 1.33 bits per heavy atom. The van der Waals surface area contributed by atoms with E-state index in [4.69, 9.17) is 9.84 Å². The molecule has 0 bridgehead atoms. The van der Waals surface area contributed by atoms with Crippen LogP contribution < -0.4 is 0 Å². The van der Waals surface area contributed by atoms with Crippen LogP contribution in [0.2, 0.25) is 0 Å². The molecule has 1 aliphatic rings. The minimum absolute atomic E-state index is 0.0267. The minimum atomic E-state index is -0.208. The predicted molar refractivity (Wildman–Crippen MR) is 67.1 cm³/mol. The fourth-order valence-corrected chi connectivity index (χ4v) is 1.85. The number of hydrogen-bond acceptors (Lipinski definition) is 3. The zero-order valence-corrected chi connectivity index (χ0v) is 10.1. The highest BCUT2D eigenvalue weighted by Crippen LogP contribution is 2.12. The number of aliphatic hydroxyl groups excluding tert-OH is 1. The van der Waals surface area contributed by atoms with E-state index in [1.54, 1.807) is 17.0 Å². The van der Waals surface area contributed by atoms with Crippen molar-refractivity contribution in [3.63, 3.8) is 0 Å². The highest BCUT2D eigenvalue weighted by Gasteiger charge is 2.20. The van der Waals surface area contributed by atoms with Crippen LogP contribution in [0.15, 0.2) is 24.3 Å². The monoisotopic (exact) mass is 245 g/mol. The van der Waals surface area contributed by atoms with Crippen molar-refractivity contribution in [3.05, 3.63) is 35.4 Å². The van der Waals surface area contributed by atoms with Crippen LogP contribution in [0.1, 0.15) is 15.9 Å². The molecule has 0 unspecified atom stereocenters. The molecular formula is C14H15NO3. The maximum absolute atomic E-state index is 12.3. The summed E-state index contributed by atoms with van der Waals surface area (Å²) in [5.41, 5.74) is 1.24. The maximum Gasteiger partial charge on any atom is 0.255 e. The molecule has 1 heterocycles. The van der Waals surface area contributed by atoms with Crippen LogP contribution in [0.4, 0.5) is 0 Å². The van der Waals surface area contributed by atoms with E-state index in [1.165, 1.54) is 0 Å². The third-order valence-corrected chi connectivity index (χ3v) is 2.76. The van der Waals surface area contributed by atoms with Crippen molar-refractivity contribution in [2.45, 2.75) is 0 Å². The van der Waals surface area contributed by atoms with Crippen molar-refractivity contribution in [2.75, 3.05) is 32.9 Å². The fourth-order valence-electron chi connectivity index (χ4n) is 1.85. The normalized spacial score (nSPS) is 14.8. The number of benzene rings is 1. The standard InChI is InChI=1S/C14H15NO3/c16-9-3-5-12-4-1-2-6-13(12)14(17)15-7-10-18-11-8-15/h1-2,4,6,16H,7-11H2. The summed E-state index contributed by atoms with van der Waals surface area (Å²) in [6.07, 6.45) is 0. The lowest BCUT2D eigenvalue weighted by atomic mass is 10.1. The van der Waals surface area contributed by atoms with Gasteiger partial charge >= 0.3 is 0 Å². The second-order valence-corrected chi connectivity index (χ2v) is 3.91. The Morgan fingerprint density at radius 3 is 2.78 bits per heavy atom. The van der Waals surface area contributed by atoms with Gasteiger partial charge in [-0.2, -0.15) is 0 Å². The summed E-state index contributed by atoms with van der Waals surface area (Å²) in [6.45, 7) is 2.17. The maximum atomic E-state index is 12.3. The second-order valence-electron chi connectivity index (χ2n) is 3.91. The summed E-state index contributed by atoms with van der Waals surface area (Å²) in [4.78, 5) is 14.1. The quantitative estimate of drug-likeness (QED) is 0.733. The highest BCUT2D eigenvalue weighted by atomic mass is 16.5. The van der Waals surface area contributed by atoms with Crippen molar-refractivity contribution in [1.82, 2.24) is 4.90 Å². The molecule has 0 spiro atoms. The first kappa shape index (κ1) is 12.6. The van der Waals surface area contributed by atoms with Gasteiger partial charge in [0.1, 0.15) is 6.61 Å². The highest BCUT2D eigenvalue weighted by molar-refractivity contribution is 5.96.